The van der Waals surface area contributed by atoms with Crippen molar-refractivity contribution in [1.82, 2.24) is 4.90 Å². The molecule has 4 nitrogen and oxygen atoms in total. The fourth-order valence-electron chi connectivity index (χ4n) is 1.60. The quantitative estimate of drug-likeness (QED) is 0.518. The summed E-state index contributed by atoms with van der Waals surface area (Å²) in [4.78, 5) is 13.4. The van der Waals surface area contributed by atoms with Gasteiger partial charge in [0.25, 0.3) is 0 Å². The van der Waals surface area contributed by atoms with Crippen LogP contribution in [-0.2, 0) is 9.53 Å². The average molecular weight is 198 g/mol. The third kappa shape index (κ3) is 3.79. The van der Waals surface area contributed by atoms with Gasteiger partial charge >= 0.3 is 5.97 Å². The minimum atomic E-state index is -0.328. The van der Waals surface area contributed by atoms with Crippen LogP contribution in [-0.4, -0.2) is 37.1 Å². The van der Waals surface area contributed by atoms with E-state index < -0.39 is 0 Å². The Hall–Kier alpha value is -1.03. The standard InChI is InChI=1S/C10H18N2O2/c1-8(11)6-10(13)14-9-4-3-5-12(2)7-9/h6,9H,3-5,7,11H2,1-2H3/b8-6-. The largest absolute Gasteiger partial charge is 0.458 e. The summed E-state index contributed by atoms with van der Waals surface area (Å²) in [5.41, 5.74) is 5.86. The SMILES string of the molecule is C/C(N)=C/C(=O)OC1CCCN(C)C1. The molecule has 1 unspecified atom stereocenters. The van der Waals surface area contributed by atoms with E-state index in [1.165, 1.54) is 6.08 Å². The first-order valence-electron chi connectivity index (χ1n) is 4.91. The van der Waals surface area contributed by atoms with Crippen molar-refractivity contribution in [2.24, 2.45) is 5.73 Å². The highest BCUT2D eigenvalue weighted by Gasteiger charge is 2.19. The van der Waals surface area contributed by atoms with E-state index in [1.807, 2.05) is 7.05 Å². The van der Waals surface area contributed by atoms with Crippen LogP contribution in [0.2, 0.25) is 0 Å². The second-order valence-electron chi connectivity index (χ2n) is 3.85. The van der Waals surface area contributed by atoms with Crippen molar-refractivity contribution in [3.05, 3.63) is 11.8 Å². The Morgan fingerprint density at radius 2 is 2.36 bits per heavy atom. The summed E-state index contributed by atoms with van der Waals surface area (Å²) >= 11 is 0. The van der Waals surface area contributed by atoms with Gasteiger partial charge in [-0.2, -0.15) is 0 Å². The van der Waals surface area contributed by atoms with Gasteiger partial charge in [-0.25, -0.2) is 4.79 Å². The van der Waals surface area contributed by atoms with Crippen LogP contribution in [0, 0.1) is 0 Å². The molecule has 0 saturated carbocycles. The summed E-state index contributed by atoms with van der Waals surface area (Å²) < 4.78 is 5.24. The van der Waals surface area contributed by atoms with Crippen molar-refractivity contribution in [2.45, 2.75) is 25.9 Å². The number of nitrogens with two attached hydrogens (primary N) is 1. The fourth-order valence-corrected chi connectivity index (χ4v) is 1.60. The van der Waals surface area contributed by atoms with Crippen molar-refractivity contribution in [3.63, 3.8) is 0 Å². The van der Waals surface area contributed by atoms with Crippen LogP contribution in [0.15, 0.2) is 11.8 Å². The zero-order valence-electron chi connectivity index (χ0n) is 8.82. The number of hydrogen-bond acceptors (Lipinski definition) is 4. The molecule has 2 N–H and O–H groups in total. The maximum atomic E-state index is 11.2. The van der Waals surface area contributed by atoms with Gasteiger partial charge in [0.15, 0.2) is 0 Å². The van der Waals surface area contributed by atoms with Crippen LogP contribution >= 0.6 is 0 Å². The van der Waals surface area contributed by atoms with Crippen LogP contribution in [0.3, 0.4) is 0 Å². The monoisotopic (exact) mass is 198 g/mol. The number of esters is 1. The summed E-state index contributed by atoms with van der Waals surface area (Å²) in [5.74, 6) is -0.328. The number of allylic oxidation sites excluding steroid dienone is 1. The fraction of sp³-hybridized carbons (Fsp3) is 0.700. The van der Waals surface area contributed by atoms with Crippen LogP contribution in [0.4, 0.5) is 0 Å². The Labute approximate surface area is 84.7 Å². The second kappa shape index (κ2) is 5.00. The molecule has 0 bridgehead atoms. The molecule has 1 fully saturated rings. The summed E-state index contributed by atoms with van der Waals surface area (Å²) in [5, 5.41) is 0. The lowest BCUT2D eigenvalue weighted by atomic mass is 10.1. The zero-order valence-corrected chi connectivity index (χ0v) is 8.82. The second-order valence-corrected chi connectivity index (χ2v) is 3.85. The van der Waals surface area contributed by atoms with Crippen molar-refractivity contribution in [3.8, 4) is 0 Å². The number of piperidine rings is 1. The molecule has 0 aromatic heterocycles. The van der Waals surface area contributed by atoms with E-state index >= 15 is 0 Å². The topological polar surface area (TPSA) is 55.6 Å². The van der Waals surface area contributed by atoms with E-state index in [0.29, 0.717) is 5.70 Å². The first-order chi connectivity index (χ1) is 6.58. The maximum Gasteiger partial charge on any atom is 0.332 e. The third-order valence-electron chi connectivity index (χ3n) is 2.21. The van der Waals surface area contributed by atoms with Crippen LogP contribution in [0.25, 0.3) is 0 Å². The van der Waals surface area contributed by atoms with Crippen LogP contribution < -0.4 is 5.73 Å². The van der Waals surface area contributed by atoms with Crippen molar-refractivity contribution < 1.29 is 9.53 Å². The van der Waals surface area contributed by atoms with Crippen molar-refractivity contribution in [2.75, 3.05) is 20.1 Å². The van der Waals surface area contributed by atoms with Gasteiger partial charge in [-0.15, -0.1) is 0 Å². The van der Waals surface area contributed by atoms with Gasteiger partial charge in [-0.05, 0) is 33.4 Å². The molecular formula is C10H18N2O2. The molecule has 0 radical (unpaired) electrons. The average Bonchev–Trinajstić information content (AvgIpc) is 2.01. The number of carbonyl (C=O) groups excluding carboxylic acids is 1. The van der Waals surface area contributed by atoms with E-state index in [9.17, 15) is 4.79 Å². The van der Waals surface area contributed by atoms with Crippen LogP contribution in [0.1, 0.15) is 19.8 Å². The van der Waals surface area contributed by atoms with E-state index in [2.05, 4.69) is 4.90 Å². The minimum absolute atomic E-state index is 0.0249. The number of hydrogen-bond donors (Lipinski definition) is 1. The highest BCUT2D eigenvalue weighted by Crippen LogP contribution is 2.11. The Kier molecular flexibility index (Phi) is 3.95. The summed E-state index contributed by atoms with van der Waals surface area (Å²) in [6.45, 7) is 3.58. The lowest BCUT2D eigenvalue weighted by molar-refractivity contribution is -0.145. The molecule has 4 heteroatoms. The Bertz CT molecular complexity index is 234. The number of likely N-dealkylation sites (N-methyl/N-ethyl adjacent to an activating group) is 1. The molecule has 0 aromatic rings. The molecule has 0 aliphatic carbocycles. The third-order valence-corrected chi connectivity index (χ3v) is 2.21. The van der Waals surface area contributed by atoms with E-state index in [4.69, 9.17) is 10.5 Å². The number of rotatable bonds is 2. The summed E-state index contributed by atoms with van der Waals surface area (Å²) in [6.07, 6.45) is 3.39. The number of nitrogens with zero attached hydrogens (tertiary/aromatic N) is 1. The van der Waals surface area contributed by atoms with Gasteiger partial charge in [0, 0.05) is 18.3 Å². The molecule has 1 heterocycles. The first kappa shape index (κ1) is 11.0. The molecular weight excluding hydrogens is 180 g/mol. The molecule has 1 atom stereocenters. The molecule has 14 heavy (non-hydrogen) atoms. The number of carbonyl (C=O) groups is 1. The van der Waals surface area contributed by atoms with Gasteiger partial charge < -0.3 is 15.4 Å². The van der Waals surface area contributed by atoms with Crippen LogP contribution in [0.5, 0.6) is 0 Å². The molecule has 1 rings (SSSR count). The summed E-state index contributed by atoms with van der Waals surface area (Å²) in [7, 11) is 2.03. The predicted octanol–water partition coefficient (Wildman–Crippen LogP) is 0.486. The number of ether oxygens (including phenoxy) is 1. The molecule has 1 saturated heterocycles. The van der Waals surface area contributed by atoms with Crippen molar-refractivity contribution in [1.29, 1.82) is 0 Å². The highest BCUT2D eigenvalue weighted by molar-refractivity contribution is 5.82. The van der Waals surface area contributed by atoms with E-state index in [1.54, 1.807) is 6.92 Å². The van der Waals surface area contributed by atoms with E-state index in [0.717, 1.165) is 25.9 Å². The summed E-state index contributed by atoms with van der Waals surface area (Å²) in [6, 6.07) is 0. The Morgan fingerprint density at radius 3 is 2.93 bits per heavy atom. The molecule has 0 amide bonds. The molecule has 1 aliphatic heterocycles. The highest BCUT2D eigenvalue weighted by atomic mass is 16.5. The van der Waals surface area contributed by atoms with Gasteiger partial charge in [0.05, 0.1) is 0 Å². The molecule has 80 valence electrons. The lowest BCUT2D eigenvalue weighted by Gasteiger charge is -2.28. The first-order valence-corrected chi connectivity index (χ1v) is 4.91. The van der Waals surface area contributed by atoms with Gasteiger partial charge in [0.2, 0.25) is 0 Å². The van der Waals surface area contributed by atoms with E-state index in [-0.39, 0.29) is 12.1 Å². The zero-order chi connectivity index (χ0) is 10.6. The lowest BCUT2D eigenvalue weighted by Crippen LogP contribution is -2.37. The van der Waals surface area contributed by atoms with Gasteiger partial charge in [-0.1, -0.05) is 0 Å². The number of likely N-dealkylation sites (tertiary alicyclic amines) is 1. The Morgan fingerprint density at radius 1 is 1.64 bits per heavy atom. The smallest absolute Gasteiger partial charge is 0.332 e. The minimum Gasteiger partial charge on any atom is -0.458 e. The maximum absolute atomic E-state index is 11.2. The van der Waals surface area contributed by atoms with Gasteiger partial charge in [-0.3, -0.25) is 0 Å². The van der Waals surface area contributed by atoms with Crippen molar-refractivity contribution >= 4 is 5.97 Å². The predicted molar refractivity (Wildman–Crippen MR) is 54.6 cm³/mol. The molecule has 1 aliphatic rings. The Balaban J connectivity index is 2.36. The molecule has 0 aromatic carbocycles. The van der Waals surface area contributed by atoms with Gasteiger partial charge in [0.1, 0.15) is 6.10 Å². The molecule has 0 spiro atoms. The normalized spacial score (nSPS) is 24.7.